The van der Waals surface area contributed by atoms with Crippen LogP contribution in [0.1, 0.15) is 28.8 Å². The summed E-state index contributed by atoms with van der Waals surface area (Å²) in [6, 6.07) is 4.58. The minimum atomic E-state index is -0.468. The van der Waals surface area contributed by atoms with Crippen molar-refractivity contribution in [3.63, 3.8) is 0 Å². The first-order chi connectivity index (χ1) is 9.54. The second-order valence-electron chi connectivity index (χ2n) is 5.12. The lowest BCUT2D eigenvalue weighted by Gasteiger charge is -2.17. The first kappa shape index (κ1) is 14.5. The third-order valence-electron chi connectivity index (χ3n) is 3.84. The standard InChI is InChI=1S/C14H18N2O4/c1-10-12(3-2-4-13(10)16(19)20)14(18)15-7-5-11(9-15)6-8-17/h2-4,11,17H,5-9H2,1H3. The summed E-state index contributed by atoms with van der Waals surface area (Å²) in [7, 11) is 0. The summed E-state index contributed by atoms with van der Waals surface area (Å²) in [5, 5.41) is 19.8. The van der Waals surface area contributed by atoms with E-state index in [-0.39, 0.29) is 18.2 Å². The van der Waals surface area contributed by atoms with Gasteiger partial charge in [0.05, 0.1) is 4.92 Å². The molecule has 6 heteroatoms. The van der Waals surface area contributed by atoms with Gasteiger partial charge in [-0.05, 0) is 31.7 Å². The average Bonchev–Trinajstić information content (AvgIpc) is 2.87. The average molecular weight is 278 g/mol. The second-order valence-corrected chi connectivity index (χ2v) is 5.12. The molecule has 1 unspecified atom stereocenters. The fraction of sp³-hybridized carbons (Fsp3) is 0.500. The molecule has 0 aromatic heterocycles. The number of aliphatic hydroxyl groups excluding tert-OH is 1. The van der Waals surface area contributed by atoms with E-state index in [1.54, 1.807) is 24.0 Å². The highest BCUT2D eigenvalue weighted by Gasteiger charge is 2.28. The van der Waals surface area contributed by atoms with Crippen molar-refractivity contribution < 1.29 is 14.8 Å². The van der Waals surface area contributed by atoms with Crippen LogP contribution in [0.5, 0.6) is 0 Å². The van der Waals surface area contributed by atoms with Crippen LogP contribution >= 0.6 is 0 Å². The number of hydrogen-bond acceptors (Lipinski definition) is 4. The number of rotatable bonds is 4. The number of nitrogens with zero attached hydrogens (tertiary/aromatic N) is 2. The van der Waals surface area contributed by atoms with Gasteiger partial charge in [0.25, 0.3) is 11.6 Å². The molecule has 1 aromatic rings. The molecule has 6 nitrogen and oxygen atoms in total. The molecule has 1 amide bonds. The van der Waals surface area contributed by atoms with Gasteiger partial charge in [-0.1, -0.05) is 6.07 Å². The van der Waals surface area contributed by atoms with Crippen LogP contribution < -0.4 is 0 Å². The van der Waals surface area contributed by atoms with Crippen LogP contribution in [0.4, 0.5) is 5.69 Å². The Bertz CT molecular complexity index is 530. The summed E-state index contributed by atoms with van der Waals surface area (Å²) in [6.45, 7) is 2.99. The summed E-state index contributed by atoms with van der Waals surface area (Å²) in [5.74, 6) is 0.162. The van der Waals surface area contributed by atoms with E-state index in [0.29, 0.717) is 36.6 Å². The van der Waals surface area contributed by atoms with Gasteiger partial charge in [-0.25, -0.2) is 0 Å². The number of nitro benzene ring substituents is 1. The fourth-order valence-electron chi connectivity index (χ4n) is 2.66. The second kappa shape index (κ2) is 6.00. The Morgan fingerprint density at radius 3 is 2.95 bits per heavy atom. The van der Waals surface area contributed by atoms with Gasteiger partial charge in [0.2, 0.25) is 0 Å². The Hall–Kier alpha value is -1.95. The minimum Gasteiger partial charge on any atom is -0.396 e. The van der Waals surface area contributed by atoms with Crippen molar-refractivity contribution in [3.8, 4) is 0 Å². The molecule has 1 atom stereocenters. The Labute approximate surface area is 117 Å². The SMILES string of the molecule is Cc1c(C(=O)N2CCC(CCO)C2)cccc1[N+](=O)[O-]. The quantitative estimate of drug-likeness (QED) is 0.671. The smallest absolute Gasteiger partial charge is 0.273 e. The maximum atomic E-state index is 12.4. The minimum absolute atomic E-state index is 0.0260. The van der Waals surface area contributed by atoms with Crippen LogP contribution in [0, 0.1) is 23.0 Å². The molecule has 0 aliphatic carbocycles. The van der Waals surface area contributed by atoms with Crippen molar-refractivity contribution in [2.45, 2.75) is 19.8 Å². The molecule has 2 rings (SSSR count). The first-order valence-electron chi connectivity index (χ1n) is 6.68. The number of nitro groups is 1. The van der Waals surface area contributed by atoms with E-state index in [4.69, 9.17) is 5.11 Å². The van der Waals surface area contributed by atoms with Crippen LogP contribution in [0.2, 0.25) is 0 Å². The zero-order chi connectivity index (χ0) is 14.7. The highest BCUT2D eigenvalue weighted by Crippen LogP contribution is 2.25. The largest absolute Gasteiger partial charge is 0.396 e. The van der Waals surface area contributed by atoms with Crippen LogP contribution in [0.25, 0.3) is 0 Å². The highest BCUT2D eigenvalue weighted by molar-refractivity contribution is 5.96. The van der Waals surface area contributed by atoms with Gasteiger partial charge < -0.3 is 10.0 Å². The predicted octanol–water partition coefficient (Wildman–Crippen LogP) is 1.75. The van der Waals surface area contributed by atoms with Crippen LogP contribution in [-0.2, 0) is 0 Å². The third kappa shape index (κ3) is 2.80. The molecule has 1 aliphatic heterocycles. The molecule has 1 aromatic carbocycles. The van der Waals surface area contributed by atoms with Gasteiger partial charge in [-0.15, -0.1) is 0 Å². The Balaban J connectivity index is 2.18. The van der Waals surface area contributed by atoms with E-state index >= 15 is 0 Å². The normalized spacial score (nSPS) is 18.3. The molecule has 1 saturated heterocycles. The van der Waals surface area contributed by atoms with Gasteiger partial charge in [-0.3, -0.25) is 14.9 Å². The highest BCUT2D eigenvalue weighted by atomic mass is 16.6. The van der Waals surface area contributed by atoms with Crippen molar-refractivity contribution in [3.05, 3.63) is 39.4 Å². The predicted molar refractivity (Wildman–Crippen MR) is 73.5 cm³/mol. The van der Waals surface area contributed by atoms with Crippen LogP contribution in [0.15, 0.2) is 18.2 Å². The van der Waals surface area contributed by atoms with Crippen molar-refractivity contribution in [2.24, 2.45) is 5.92 Å². The maximum absolute atomic E-state index is 12.4. The molecule has 1 fully saturated rings. The monoisotopic (exact) mass is 278 g/mol. The summed E-state index contributed by atoms with van der Waals surface area (Å²) in [6.07, 6.45) is 1.57. The van der Waals surface area contributed by atoms with Crippen molar-refractivity contribution in [1.82, 2.24) is 4.90 Å². The molecule has 0 saturated carbocycles. The summed E-state index contributed by atoms with van der Waals surface area (Å²) < 4.78 is 0. The number of hydrogen-bond donors (Lipinski definition) is 1. The topological polar surface area (TPSA) is 83.7 Å². The Morgan fingerprint density at radius 1 is 1.55 bits per heavy atom. The molecule has 20 heavy (non-hydrogen) atoms. The molecule has 108 valence electrons. The first-order valence-corrected chi connectivity index (χ1v) is 6.68. The zero-order valence-electron chi connectivity index (χ0n) is 11.4. The van der Waals surface area contributed by atoms with Crippen molar-refractivity contribution in [2.75, 3.05) is 19.7 Å². The van der Waals surface area contributed by atoms with Crippen LogP contribution in [-0.4, -0.2) is 40.5 Å². The Morgan fingerprint density at radius 2 is 2.30 bits per heavy atom. The van der Waals surface area contributed by atoms with Gasteiger partial charge in [-0.2, -0.15) is 0 Å². The molecular weight excluding hydrogens is 260 g/mol. The number of benzene rings is 1. The van der Waals surface area contributed by atoms with E-state index in [9.17, 15) is 14.9 Å². The fourth-order valence-corrected chi connectivity index (χ4v) is 2.66. The maximum Gasteiger partial charge on any atom is 0.273 e. The Kier molecular flexibility index (Phi) is 4.34. The lowest BCUT2D eigenvalue weighted by molar-refractivity contribution is -0.385. The zero-order valence-corrected chi connectivity index (χ0v) is 11.4. The van der Waals surface area contributed by atoms with E-state index in [0.717, 1.165) is 6.42 Å². The number of carbonyl (C=O) groups is 1. The van der Waals surface area contributed by atoms with Crippen molar-refractivity contribution in [1.29, 1.82) is 0 Å². The van der Waals surface area contributed by atoms with Crippen LogP contribution in [0.3, 0.4) is 0 Å². The number of amides is 1. The van der Waals surface area contributed by atoms with E-state index in [2.05, 4.69) is 0 Å². The third-order valence-corrected chi connectivity index (χ3v) is 3.84. The van der Waals surface area contributed by atoms with E-state index in [1.165, 1.54) is 6.07 Å². The summed E-state index contributed by atoms with van der Waals surface area (Å²) in [4.78, 5) is 24.6. The summed E-state index contributed by atoms with van der Waals surface area (Å²) >= 11 is 0. The van der Waals surface area contributed by atoms with Gasteiger partial charge in [0.1, 0.15) is 0 Å². The molecule has 1 heterocycles. The number of aliphatic hydroxyl groups is 1. The van der Waals surface area contributed by atoms with Gasteiger partial charge in [0, 0.05) is 36.9 Å². The van der Waals surface area contributed by atoms with E-state index < -0.39 is 4.92 Å². The molecule has 1 aliphatic rings. The molecule has 1 N–H and O–H groups in total. The summed E-state index contributed by atoms with van der Waals surface area (Å²) in [5.41, 5.74) is 0.777. The molecule has 0 spiro atoms. The number of likely N-dealkylation sites (tertiary alicyclic amines) is 1. The van der Waals surface area contributed by atoms with Gasteiger partial charge >= 0.3 is 0 Å². The lowest BCUT2D eigenvalue weighted by Crippen LogP contribution is -2.29. The molecule has 0 radical (unpaired) electrons. The molecular formula is C14H18N2O4. The van der Waals surface area contributed by atoms with Gasteiger partial charge in [0.15, 0.2) is 0 Å². The molecule has 0 bridgehead atoms. The van der Waals surface area contributed by atoms with Crippen molar-refractivity contribution >= 4 is 11.6 Å². The lowest BCUT2D eigenvalue weighted by atomic mass is 10.1. The number of carbonyl (C=O) groups excluding carboxylic acids is 1. The van der Waals surface area contributed by atoms with E-state index in [1.807, 2.05) is 0 Å².